The Hall–Kier alpha value is -1.11. The van der Waals surface area contributed by atoms with E-state index >= 15 is 0 Å². The van der Waals surface area contributed by atoms with E-state index in [0.717, 1.165) is 12.8 Å². The van der Waals surface area contributed by atoms with Crippen LogP contribution in [0.2, 0.25) is 0 Å². The molecule has 15 heavy (non-hydrogen) atoms. The first kappa shape index (κ1) is 10.4. The average molecular weight is 228 g/mol. The Morgan fingerprint density at radius 3 is 2.87 bits per heavy atom. The summed E-state index contributed by atoms with van der Waals surface area (Å²) in [6, 6.07) is 0. The first-order valence-corrected chi connectivity index (χ1v) is 5.57. The van der Waals surface area contributed by atoms with Crippen LogP contribution < -0.4 is 0 Å². The van der Waals surface area contributed by atoms with Crippen molar-refractivity contribution in [3.05, 3.63) is 0 Å². The number of methoxy groups -OCH3 is 1. The fourth-order valence-electron chi connectivity index (χ4n) is 1.29. The maximum Gasteiger partial charge on any atom is 0.319 e. The van der Waals surface area contributed by atoms with Crippen LogP contribution >= 0.6 is 11.8 Å². The topological polar surface area (TPSA) is 69.9 Å². The molecule has 1 atom stereocenters. The molecule has 1 unspecified atom stereocenters. The molecule has 0 saturated heterocycles. The summed E-state index contributed by atoms with van der Waals surface area (Å²) in [4.78, 5) is 11.5. The predicted molar refractivity (Wildman–Crippen MR) is 53.2 cm³/mol. The molecule has 1 aromatic rings. The first-order chi connectivity index (χ1) is 7.22. The van der Waals surface area contributed by atoms with Gasteiger partial charge in [0.1, 0.15) is 5.25 Å². The van der Waals surface area contributed by atoms with Crippen LogP contribution in [0.25, 0.3) is 0 Å². The van der Waals surface area contributed by atoms with Crippen molar-refractivity contribution in [2.24, 2.45) is 13.0 Å². The number of hydrogen-bond acceptors (Lipinski definition) is 6. The van der Waals surface area contributed by atoms with Crippen molar-refractivity contribution >= 4 is 17.7 Å². The fourth-order valence-corrected chi connectivity index (χ4v) is 2.44. The fraction of sp³-hybridized carbons (Fsp3) is 0.750. The Bertz CT molecular complexity index is 363. The molecule has 2 rings (SSSR count). The molecule has 0 bridgehead atoms. The van der Waals surface area contributed by atoms with E-state index in [2.05, 4.69) is 15.5 Å². The molecule has 82 valence electrons. The number of aryl methyl sites for hydroxylation is 1. The molecule has 0 aromatic carbocycles. The Morgan fingerprint density at radius 1 is 1.67 bits per heavy atom. The number of ether oxygens (including phenoxy) is 1. The maximum atomic E-state index is 11.5. The monoisotopic (exact) mass is 228 g/mol. The molecule has 1 aliphatic carbocycles. The molecule has 7 heteroatoms. The minimum Gasteiger partial charge on any atom is -0.468 e. The van der Waals surface area contributed by atoms with Crippen molar-refractivity contribution in [1.82, 2.24) is 20.2 Å². The number of thioether (sulfide) groups is 1. The molecule has 0 radical (unpaired) electrons. The molecular formula is C8H12N4O2S. The SMILES string of the molecule is COC(=O)C(Sc1nnnn1C)C1CC1. The lowest BCUT2D eigenvalue weighted by Crippen LogP contribution is -2.21. The van der Waals surface area contributed by atoms with Gasteiger partial charge >= 0.3 is 5.97 Å². The van der Waals surface area contributed by atoms with Gasteiger partial charge in [0, 0.05) is 7.05 Å². The third-order valence-electron chi connectivity index (χ3n) is 2.30. The van der Waals surface area contributed by atoms with Crippen LogP contribution in [0.3, 0.4) is 0 Å². The number of carbonyl (C=O) groups excluding carboxylic acids is 1. The van der Waals surface area contributed by atoms with E-state index < -0.39 is 0 Å². The molecule has 1 saturated carbocycles. The average Bonchev–Trinajstić information content (AvgIpc) is 2.99. The second kappa shape index (κ2) is 4.18. The summed E-state index contributed by atoms with van der Waals surface area (Å²) in [6.45, 7) is 0. The van der Waals surface area contributed by atoms with Crippen molar-refractivity contribution in [1.29, 1.82) is 0 Å². The Balaban J connectivity index is 2.06. The van der Waals surface area contributed by atoms with Crippen molar-refractivity contribution in [3.63, 3.8) is 0 Å². The van der Waals surface area contributed by atoms with E-state index in [4.69, 9.17) is 4.74 Å². The molecule has 0 N–H and O–H groups in total. The number of tetrazole rings is 1. The standard InChI is InChI=1S/C8H12N4O2S/c1-12-8(9-10-11-12)15-6(5-3-4-5)7(13)14-2/h5-6H,3-4H2,1-2H3. The summed E-state index contributed by atoms with van der Waals surface area (Å²) in [5.41, 5.74) is 0. The quantitative estimate of drug-likeness (QED) is 0.543. The van der Waals surface area contributed by atoms with Gasteiger partial charge in [-0.05, 0) is 29.2 Å². The number of rotatable bonds is 4. The third-order valence-corrected chi connectivity index (χ3v) is 3.69. The lowest BCUT2D eigenvalue weighted by atomic mass is 10.3. The minimum atomic E-state index is -0.189. The zero-order valence-corrected chi connectivity index (χ0v) is 9.40. The smallest absolute Gasteiger partial charge is 0.319 e. The van der Waals surface area contributed by atoms with Crippen LogP contribution in [-0.4, -0.2) is 38.5 Å². The molecule has 1 aromatic heterocycles. The van der Waals surface area contributed by atoms with Gasteiger partial charge in [0.25, 0.3) is 0 Å². The second-order valence-electron chi connectivity index (χ2n) is 3.48. The van der Waals surface area contributed by atoms with Gasteiger partial charge in [0.15, 0.2) is 0 Å². The van der Waals surface area contributed by atoms with Crippen LogP contribution in [0, 0.1) is 5.92 Å². The summed E-state index contributed by atoms with van der Waals surface area (Å²) in [7, 11) is 3.16. The van der Waals surface area contributed by atoms with E-state index in [0.29, 0.717) is 11.1 Å². The summed E-state index contributed by atoms with van der Waals surface area (Å²) < 4.78 is 6.32. The lowest BCUT2D eigenvalue weighted by molar-refractivity contribution is -0.140. The number of esters is 1. The predicted octanol–water partition coefficient (Wildman–Crippen LogP) is 0.254. The van der Waals surface area contributed by atoms with Crippen molar-refractivity contribution in [3.8, 4) is 0 Å². The van der Waals surface area contributed by atoms with Gasteiger partial charge < -0.3 is 4.74 Å². The van der Waals surface area contributed by atoms with E-state index in [9.17, 15) is 4.79 Å². The summed E-state index contributed by atoms with van der Waals surface area (Å²) >= 11 is 1.38. The van der Waals surface area contributed by atoms with Crippen LogP contribution in [0.4, 0.5) is 0 Å². The van der Waals surface area contributed by atoms with E-state index in [1.807, 2.05) is 0 Å². The summed E-state index contributed by atoms with van der Waals surface area (Å²) in [5.74, 6) is 0.227. The first-order valence-electron chi connectivity index (χ1n) is 4.69. The van der Waals surface area contributed by atoms with E-state index in [1.165, 1.54) is 18.9 Å². The third kappa shape index (κ3) is 2.28. The molecule has 0 spiro atoms. The van der Waals surface area contributed by atoms with Gasteiger partial charge in [-0.15, -0.1) is 5.10 Å². The van der Waals surface area contributed by atoms with E-state index in [-0.39, 0.29) is 11.2 Å². The van der Waals surface area contributed by atoms with Crippen molar-refractivity contribution in [2.75, 3.05) is 7.11 Å². The molecule has 1 heterocycles. The highest BCUT2D eigenvalue weighted by Crippen LogP contribution is 2.41. The zero-order chi connectivity index (χ0) is 10.8. The van der Waals surface area contributed by atoms with Crippen LogP contribution in [0.1, 0.15) is 12.8 Å². The molecular weight excluding hydrogens is 216 g/mol. The summed E-state index contributed by atoms with van der Waals surface area (Å²) in [5, 5.41) is 11.6. The van der Waals surface area contributed by atoms with Crippen LogP contribution in [0.5, 0.6) is 0 Å². The molecule has 1 fully saturated rings. The van der Waals surface area contributed by atoms with Gasteiger partial charge in [-0.25, -0.2) is 4.68 Å². The van der Waals surface area contributed by atoms with Gasteiger partial charge in [-0.1, -0.05) is 11.8 Å². The van der Waals surface area contributed by atoms with Crippen LogP contribution in [-0.2, 0) is 16.6 Å². The molecule has 6 nitrogen and oxygen atoms in total. The normalized spacial score (nSPS) is 17.5. The highest BCUT2D eigenvalue weighted by atomic mass is 32.2. The highest BCUT2D eigenvalue weighted by Gasteiger charge is 2.38. The Kier molecular flexibility index (Phi) is 2.90. The Labute approximate surface area is 91.4 Å². The molecule has 0 aliphatic heterocycles. The number of aromatic nitrogens is 4. The van der Waals surface area contributed by atoms with E-state index in [1.54, 1.807) is 11.7 Å². The van der Waals surface area contributed by atoms with Gasteiger partial charge in [-0.2, -0.15) is 0 Å². The van der Waals surface area contributed by atoms with Gasteiger partial charge in [0.05, 0.1) is 7.11 Å². The lowest BCUT2D eigenvalue weighted by Gasteiger charge is -2.11. The largest absolute Gasteiger partial charge is 0.468 e. The Morgan fingerprint density at radius 2 is 2.40 bits per heavy atom. The minimum absolute atomic E-state index is 0.167. The highest BCUT2D eigenvalue weighted by molar-refractivity contribution is 8.00. The van der Waals surface area contributed by atoms with Crippen molar-refractivity contribution < 1.29 is 9.53 Å². The summed E-state index contributed by atoms with van der Waals surface area (Å²) in [6.07, 6.45) is 2.16. The zero-order valence-electron chi connectivity index (χ0n) is 8.58. The van der Waals surface area contributed by atoms with Gasteiger partial charge in [-0.3, -0.25) is 4.79 Å². The number of hydrogen-bond donors (Lipinski definition) is 0. The second-order valence-corrected chi connectivity index (χ2v) is 4.59. The molecule has 1 aliphatic rings. The maximum absolute atomic E-state index is 11.5. The number of carbonyl (C=O) groups is 1. The van der Waals surface area contributed by atoms with Crippen LogP contribution in [0.15, 0.2) is 5.16 Å². The number of nitrogens with zero attached hydrogens (tertiary/aromatic N) is 4. The van der Waals surface area contributed by atoms with Crippen molar-refractivity contribution in [2.45, 2.75) is 23.2 Å². The molecule has 0 amide bonds. The van der Waals surface area contributed by atoms with Gasteiger partial charge in [0.2, 0.25) is 5.16 Å².